The number of amides is 1. The van der Waals surface area contributed by atoms with Gasteiger partial charge in [0.2, 0.25) is 5.95 Å². The van der Waals surface area contributed by atoms with Crippen LogP contribution < -0.4 is 15.4 Å². The molecule has 9 nitrogen and oxygen atoms in total. The number of pyridine rings is 2. The molecular formula is C23H19N7O2S. The van der Waals surface area contributed by atoms with Crippen LogP contribution in [0.15, 0.2) is 66.3 Å². The van der Waals surface area contributed by atoms with Crippen molar-refractivity contribution in [3.8, 4) is 22.9 Å². The van der Waals surface area contributed by atoms with Crippen molar-refractivity contribution in [1.82, 2.24) is 29.8 Å². The van der Waals surface area contributed by atoms with E-state index in [1.807, 2.05) is 53.4 Å². The van der Waals surface area contributed by atoms with Crippen molar-refractivity contribution < 1.29 is 9.53 Å². The SMILES string of the molecule is CNC(=O)c1cc(Oc2ccc3c(c2)nc(Nc2nc(-c4ccccn4)cs2)n3C)ccn1. The van der Waals surface area contributed by atoms with E-state index in [9.17, 15) is 4.79 Å². The van der Waals surface area contributed by atoms with Gasteiger partial charge in [0.1, 0.15) is 22.9 Å². The van der Waals surface area contributed by atoms with Gasteiger partial charge in [-0.15, -0.1) is 11.3 Å². The Hall–Kier alpha value is -4.31. The molecule has 0 unspecified atom stereocenters. The van der Waals surface area contributed by atoms with Gasteiger partial charge < -0.3 is 19.9 Å². The third kappa shape index (κ3) is 4.23. The topological polar surface area (TPSA) is 107 Å². The first kappa shape index (κ1) is 20.6. The maximum absolute atomic E-state index is 11.8. The number of fused-ring (bicyclic) bond motifs is 1. The standard InChI is InChI=1S/C23H19N7O2S/c1-24-21(31)18-12-15(8-10-26-18)32-14-6-7-20-17(11-14)27-22(30(20)2)29-23-28-19(13-33-23)16-5-3-4-9-25-16/h3-13H,1-2H3,(H,24,31)(H,27,28,29). The molecule has 4 heterocycles. The summed E-state index contributed by atoms with van der Waals surface area (Å²) in [6, 6.07) is 14.7. The molecule has 164 valence electrons. The fourth-order valence-corrected chi connectivity index (χ4v) is 3.97. The number of ether oxygens (including phenoxy) is 1. The van der Waals surface area contributed by atoms with Gasteiger partial charge in [-0.2, -0.15) is 0 Å². The molecule has 5 rings (SSSR count). The van der Waals surface area contributed by atoms with E-state index in [4.69, 9.17) is 9.72 Å². The van der Waals surface area contributed by atoms with E-state index in [1.165, 1.54) is 17.5 Å². The minimum atomic E-state index is -0.273. The van der Waals surface area contributed by atoms with Crippen molar-refractivity contribution in [2.45, 2.75) is 0 Å². The van der Waals surface area contributed by atoms with Gasteiger partial charge in [-0.05, 0) is 30.3 Å². The van der Waals surface area contributed by atoms with Crippen molar-refractivity contribution in [3.05, 3.63) is 72.0 Å². The number of hydrogen-bond acceptors (Lipinski definition) is 8. The van der Waals surface area contributed by atoms with Gasteiger partial charge in [0, 0.05) is 44.0 Å². The molecule has 0 aliphatic carbocycles. The fraction of sp³-hybridized carbons (Fsp3) is 0.0870. The van der Waals surface area contributed by atoms with Crippen molar-refractivity contribution >= 4 is 39.4 Å². The number of thiazole rings is 1. The molecule has 2 N–H and O–H groups in total. The number of anilines is 2. The minimum Gasteiger partial charge on any atom is -0.457 e. The Labute approximate surface area is 193 Å². The summed E-state index contributed by atoms with van der Waals surface area (Å²) in [5.74, 6) is 1.51. The molecule has 0 aliphatic rings. The normalized spacial score (nSPS) is 10.8. The number of rotatable bonds is 6. The molecule has 5 aromatic rings. The largest absolute Gasteiger partial charge is 0.457 e. The third-order valence-electron chi connectivity index (χ3n) is 4.93. The van der Waals surface area contributed by atoms with Crippen LogP contribution in [0, 0.1) is 0 Å². The second-order valence-corrected chi connectivity index (χ2v) is 7.94. The molecule has 4 aromatic heterocycles. The summed E-state index contributed by atoms with van der Waals surface area (Å²) in [6.07, 6.45) is 3.28. The molecule has 0 aliphatic heterocycles. The summed E-state index contributed by atoms with van der Waals surface area (Å²) in [5, 5.41) is 8.52. The van der Waals surface area contributed by atoms with Crippen molar-refractivity contribution in [1.29, 1.82) is 0 Å². The average molecular weight is 458 g/mol. The lowest BCUT2D eigenvalue weighted by molar-refractivity contribution is 0.0958. The van der Waals surface area contributed by atoms with Crippen LogP contribution in [-0.2, 0) is 7.05 Å². The number of imidazole rings is 1. The Morgan fingerprint density at radius 3 is 2.70 bits per heavy atom. The zero-order valence-corrected chi connectivity index (χ0v) is 18.6. The molecular weight excluding hydrogens is 438 g/mol. The Kier molecular flexibility index (Phi) is 5.41. The number of aryl methyl sites for hydroxylation is 1. The highest BCUT2D eigenvalue weighted by molar-refractivity contribution is 7.14. The lowest BCUT2D eigenvalue weighted by Crippen LogP contribution is -2.18. The van der Waals surface area contributed by atoms with Crippen LogP contribution in [0.4, 0.5) is 11.1 Å². The van der Waals surface area contributed by atoms with Crippen LogP contribution in [0.1, 0.15) is 10.5 Å². The maximum Gasteiger partial charge on any atom is 0.269 e. The van der Waals surface area contributed by atoms with E-state index in [2.05, 4.69) is 25.6 Å². The van der Waals surface area contributed by atoms with Crippen LogP contribution in [0.5, 0.6) is 11.5 Å². The highest BCUT2D eigenvalue weighted by atomic mass is 32.1. The van der Waals surface area contributed by atoms with Crippen molar-refractivity contribution in [2.75, 3.05) is 12.4 Å². The van der Waals surface area contributed by atoms with E-state index in [0.717, 1.165) is 27.6 Å². The van der Waals surface area contributed by atoms with Crippen LogP contribution in [0.25, 0.3) is 22.4 Å². The molecule has 10 heteroatoms. The molecule has 0 saturated carbocycles. The highest BCUT2D eigenvalue weighted by Gasteiger charge is 2.13. The maximum atomic E-state index is 11.8. The zero-order chi connectivity index (χ0) is 22.8. The monoisotopic (exact) mass is 457 g/mol. The van der Waals surface area contributed by atoms with E-state index in [1.54, 1.807) is 25.4 Å². The first-order chi connectivity index (χ1) is 16.1. The number of nitrogens with zero attached hydrogens (tertiary/aromatic N) is 5. The number of carbonyl (C=O) groups is 1. The number of nitrogens with one attached hydrogen (secondary N) is 2. The third-order valence-corrected chi connectivity index (χ3v) is 5.69. The summed E-state index contributed by atoms with van der Waals surface area (Å²) >= 11 is 1.49. The van der Waals surface area contributed by atoms with Crippen molar-refractivity contribution in [3.63, 3.8) is 0 Å². The number of aromatic nitrogens is 5. The predicted molar refractivity (Wildman–Crippen MR) is 127 cm³/mol. The molecule has 1 aromatic carbocycles. The predicted octanol–water partition coefficient (Wildman–Crippen LogP) is 4.38. The van der Waals surface area contributed by atoms with Crippen LogP contribution >= 0.6 is 11.3 Å². The molecule has 0 radical (unpaired) electrons. The molecule has 0 saturated heterocycles. The van der Waals surface area contributed by atoms with Crippen LogP contribution in [0.3, 0.4) is 0 Å². The van der Waals surface area contributed by atoms with Gasteiger partial charge >= 0.3 is 0 Å². The summed E-state index contributed by atoms with van der Waals surface area (Å²) in [5.41, 5.74) is 3.62. The van der Waals surface area contributed by atoms with Crippen LogP contribution in [-0.4, -0.2) is 37.5 Å². The quantitative estimate of drug-likeness (QED) is 0.390. The Morgan fingerprint density at radius 1 is 1.00 bits per heavy atom. The average Bonchev–Trinajstić information content (AvgIpc) is 3.44. The van der Waals surface area contributed by atoms with E-state index in [-0.39, 0.29) is 11.6 Å². The zero-order valence-electron chi connectivity index (χ0n) is 17.8. The molecule has 33 heavy (non-hydrogen) atoms. The summed E-state index contributed by atoms with van der Waals surface area (Å²) in [7, 11) is 3.49. The van der Waals surface area contributed by atoms with E-state index >= 15 is 0 Å². The van der Waals surface area contributed by atoms with Gasteiger partial charge in [-0.1, -0.05) is 6.07 Å². The summed E-state index contributed by atoms with van der Waals surface area (Å²) < 4.78 is 7.89. The Morgan fingerprint density at radius 2 is 1.88 bits per heavy atom. The minimum absolute atomic E-state index is 0.273. The lowest BCUT2D eigenvalue weighted by Gasteiger charge is -2.07. The number of benzene rings is 1. The fourth-order valence-electron chi connectivity index (χ4n) is 3.28. The Bertz CT molecular complexity index is 1450. The molecule has 1 amide bonds. The molecule has 0 fully saturated rings. The smallest absolute Gasteiger partial charge is 0.269 e. The van der Waals surface area contributed by atoms with Gasteiger partial charge in [-0.3, -0.25) is 14.8 Å². The highest BCUT2D eigenvalue weighted by Crippen LogP contribution is 2.30. The molecule has 0 atom stereocenters. The van der Waals surface area contributed by atoms with Gasteiger partial charge in [0.05, 0.1) is 16.7 Å². The Balaban J connectivity index is 1.38. The van der Waals surface area contributed by atoms with Crippen molar-refractivity contribution in [2.24, 2.45) is 7.05 Å². The first-order valence-corrected chi connectivity index (χ1v) is 10.9. The van der Waals surface area contributed by atoms with Gasteiger partial charge in [-0.25, -0.2) is 9.97 Å². The van der Waals surface area contributed by atoms with E-state index in [0.29, 0.717) is 17.4 Å². The van der Waals surface area contributed by atoms with Crippen LogP contribution in [0.2, 0.25) is 0 Å². The molecule has 0 spiro atoms. The van der Waals surface area contributed by atoms with Gasteiger partial charge in [0.25, 0.3) is 5.91 Å². The summed E-state index contributed by atoms with van der Waals surface area (Å²) in [6.45, 7) is 0. The molecule has 0 bridgehead atoms. The number of hydrogen-bond donors (Lipinski definition) is 2. The van der Waals surface area contributed by atoms with Gasteiger partial charge in [0.15, 0.2) is 5.13 Å². The lowest BCUT2D eigenvalue weighted by atomic mass is 10.3. The first-order valence-electron chi connectivity index (χ1n) is 10.1. The second-order valence-electron chi connectivity index (χ2n) is 7.08. The number of carbonyl (C=O) groups excluding carboxylic acids is 1. The summed E-state index contributed by atoms with van der Waals surface area (Å²) in [4.78, 5) is 29.5. The van der Waals surface area contributed by atoms with E-state index < -0.39 is 0 Å². The second kappa shape index (κ2) is 8.67.